The van der Waals surface area contributed by atoms with Gasteiger partial charge in [-0.15, -0.1) is 4.41 Å². The SMILES string of the molecule is CCOC(=O)NN(SC1=NC2(C(=O)N(c3ccccc3)N=C2c2ccccc2)N(C(=O)OCC)N1C(=O)OCC)C(=O)OCC. The molecule has 0 radical (unpaired) electrons. The molecule has 45 heavy (non-hydrogen) atoms. The number of nitrogens with zero attached hydrogens (tertiary/aromatic N) is 6. The van der Waals surface area contributed by atoms with Gasteiger partial charge in [0.15, 0.2) is 0 Å². The lowest BCUT2D eigenvalue weighted by Crippen LogP contribution is -2.64. The van der Waals surface area contributed by atoms with Crippen LogP contribution in [0.5, 0.6) is 0 Å². The Bertz CT molecular complexity index is 1490. The summed E-state index contributed by atoms with van der Waals surface area (Å²) in [6.07, 6.45) is -4.41. The van der Waals surface area contributed by atoms with Crippen LogP contribution < -0.4 is 10.4 Å². The third-order valence-corrected chi connectivity index (χ3v) is 6.82. The van der Waals surface area contributed by atoms with E-state index >= 15 is 0 Å². The first-order valence-electron chi connectivity index (χ1n) is 13.9. The fourth-order valence-electron chi connectivity index (χ4n) is 4.24. The zero-order valence-corrected chi connectivity index (χ0v) is 25.7. The molecule has 2 aromatic rings. The van der Waals surface area contributed by atoms with E-state index in [-0.39, 0.29) is 32.1 Å². The molecule has 5 amide bonds. The number of hydrazine groups is 2. The van der Waals surface area contributed by atoms with Crippen LogP contribution in [0.3, 0.4) is 0 Å². The van der Waals surface area contributed by atoms with Crippen LogP contribution in [-0.4, -0.2) is 87.7 Å². The summed E-state index contributed by atoms with van der Waals surface area (Å²) >= 11 is 0.360. The second-order valence-corrected chi connectivity index (χ2v) is 9.68. The molecule has 0 aromatic heterocycles. The molecule has 0 bridgehead atoms. The van der Waals surface area contributed by atoms with E-state index in [2.05, 4.69) is 15.5 Å². The summed E-state index contributed by atoms with van der Waals surface area (Å²) in [5.41, 5.74) is 0.500. The van der Waals surface area contributed by atoms with Crippen LogP contribution in [0, 0.1) is 0 Å². The summed E-state index contributed by atoms with van der Waals surface area (Å²) < 4.78 is 21.1. The summed E-state index contributed by atoms with van der Waals surface area (Å²) in [5.74, 6) is -0.855. The van der Waals surface area contributed by atoms with Crippen LogP contribution in [0.2, 0.25) is 0 Å². The van der Waals surface area contributed by atoms with Gasteiger partial charge in [0, 0.05) is 5.56 Å². The van der Waals surface area contributed by atoms with Gasteiger partial charge in [-0.3, -0.25) is 4.79 Å². The Hall–Kier alpha value is -5.32. The second-order valence-electron chi connectivity index (χ2n) is 8.77. The quantitative estimate of drug-likeness (QED) is 0.275. The Morgan fingerprint density at radius 3 is 2.00 bits per heavy atom. The number of hydrogen-bond acceptors (Lipinski definition) is 12. The average molecular weight is 642 g/mol. The average Bonchev–Trinajstić information content (AvgIpc) is 3.52. The number of ether oxygens (including phenoxy) is 4. The predicted molar refractivity (Wildman–Crippen MR) is 161 cm³/mol. The molecule has 1 spiro atoms. The van der Waals surface area contributed by atoms with Gasteiger partial charge >= 0.3 is 30.3 Å². The third-order valence-electron chi connectivity index (χ3n) is 5.97. The van der Waals surface area contributed by atoms with Crippen molar-refractivity contribution in [3.8, 4) is 0 Å². The van der Waals surface area contributed by atoms with Crippen LogP contribution in [0.4, 0.5) is 24.9 Å². The fourth-order valence-corrected chi connectivity index (χ4v) is 5.05. The largest absolute Gasteiger partial charge is 0.449 e. The summed E-state index contributed by atoms with van der Waals surface area (Å²) in [5, 5.41) is 6.52. The number of carbonyl (C=O) groups is 5. The number of nitrogens with one attached hydrogen (secondary N) is 1. The smallest absolute Gasteiger partial charge is 0.439 e. The Balaban J connectivity index is 1.96. The first-order chi connectivity index (χ1) is 21.7. The maximum Gasteiger partial charge on any atom is 0.439 e. The molecule has 2 aliphatic heterocycles. The third kappa shape index (κ3) is 6.47. The Morgan fingerprint density at radius 1 is 0.822 bits per heavy atom. The number of amidine groups is 1. The van der Waals surface area contributed by atoms with Crippen LogP contribution in [-0.2, 0) is 23.7 Å². The van der Waals surface area contributed by atoms with Crippen molar-refractivity contribution in [2.45, 2.75) is 33.4 Å². The first kappa shape index (κ1) is 32.6. The van der Waals surface area contributed by atoms with E-state index in [1.165, 1.54) is 13.8 Å². The molecule has 238 valence electrons. The lowest BCUT2D eigenvalue weighted by atomic mass is 9.97. The van der Waals surface area contributed by atoms with Crippen molar-refractivity contribution in [1.82, 2.24) is 19.9 Å². The van der Waals surface area contributed by atoms with Crippen LogP contribution in [0.25, 0.3) is 0 Å². The van der Waals surface area contributed by atoms with E-state index in [9.17, 15) is 24.0 Å². The topological polar surface area (TPSA) is 172 Å². The van der Waals surface area contributed by atoms with Gasteiger partial charge < -0.3 is 18.9 Å². The fraction of sp³-hybridized carbons (Fsp3) is 0.321. The maximum absolute atomic E-state index is 14.6. The number of para-hydroxylation sites is 1. The van der Waals surface area contributed by atoms with Crippen molar-refractivity contribution in [2.75, 3.05) is 31.4 Å². The van der Waals surface area contributed by atoms with E-state index < -0.39 is 41.1 Å². The standard InChI is InChI=1S/C28H31N7O9S/c1-5-41-24(37)31-35(27(40)44-8-4)45-23-29-28(34(26(39)43-7-3)33(23)25(38)42-6-2)21(19-15-11-9-12-16-19)30-32(22(28)36)20-17-13-10-14-18-20/h9-18H,5-8H2,1-4H3,(H,31,37). The van der Waals surface area contributed by atoms with Gasteiger partial charge in [0.25, 0.3) is 5.66 Å². The molecule has 0 aliphatic carbocycles. The zero-order valence-electron chi connectivity index (χ0n) is 24.9. The number of rotatable bonds is 6. The highest BCUT2D eigenvalue weighted by Crippen LogP contribution is 2.42. The van der Waals surface area contributed by atoms with Crippen LogP contribution in [0.1, 0.15) is 33.3 Å². The molecule has 1 unspecified atom stereocenters. The van der Waals surface area contributed by atoms with Gasteiger partial charge in [-0.1, -0.05) is 48.5 Å². The number of benzene rings is 2. The van der Waals surface area contributed by atoms with Gasteiger partial charge in [0.1, 0.15) is 5.71 Å². The van der Waals surface area contributed by atoms with Crippen molar-refractivity contribution >= 4 is 58.8 Å². The maximum atomic E-state index is 14.6. The van der Waals surface area contributed by atoms with Gasteiger partial charge in [-0.05, 0) is 39.8 Å². The lowest BCUT2D eigenvalue weighted by molar-refractivity contribution is -0.127. The number of amides is 5. The summed E-state index contributed by atoms with van der Waals surface area (Å²) in [6.45, 7) is 5.79. The number of anilines is 1. The van der Waals surface area contributed by atoms with E-state index in [4.69, 9.17) is 18.9 Å². The molecule has 2 heterocycles. The molecular formula is C28H31N7O9S. The number of hydrogen-bond donors (Lipinski definition) is 1. The van der Waals surface area contributed by atoms with E-state index in [0.717, 1.165) is 5.01 Å². The van der Waals surface area contributed by atoms with Gasteiger partial charge in [0.05, 0.1) is 44.1 Å². The highest BCUT2D eigenvalue weighted by Gasteiger charge is 2.66. The molecule has 1 atom stereocenters. The van der Waals surface area contributed by atoms with Crippen molar-refractivity contribution < 1.29 is 42.9 Å². The molecule has 2 aromatic carbocycles. The number of aliphatic imine (C=N–C) groups is 1. The molecular weight excluding hydrogens is 610 g/mol. The molecule has 2 aliphatic rings. The molecule has 17 heteroatoms. The van der Waals surface area contributed by atoms with Crippen molar-refractivity contribution in [3.05, 3.63) is 66.2 Å². The monoisotopic (exact) mass is 641 g/mol. The minimum Gasteiger partial charge on any atom is -0.449 e. The normalized spacial score (nSPS) is 17.1. The highest BCUT2D eigenvalue weighted by atomic mass is 32.2. The van der Waals surface area contributed by atoms with Crippen molar-refractivity contribution in [1.29, 1.82) is 0 Å². The summed E-state index contributed by atoms with van der Waals surface area (Å²) in [4.78, 5) is 71.8. The van der Waals surface area contributed by atoms with Crippen molar-refractivity contribution in [3.63, 3.8) is 0 Å². The van der Waals surface area contributed by atoms with Gasteiger partial charge in [0.2, 0.25) is 5.17 Å². The molecule has 4 rings (SSSR count). The van der Waals surface area contributed by atoms with Crippen LogP contribution >= 0.6 is 11.9 Å². The van der Waals surface area contributed by atoms with Crippen LogP contribution in [0.15, 0.2) is 70.8 Å². The first-order valence-corrected chi connectivity index (χ1v) is 14.7. The molecule has 1 N–H and O–H groups in total. The number of hydrazone groups is 1. The highest BCUT2D eigenvalue weighted by molar-refractivity contribution is 8.12. The molecule has 0 saturated carbocycles. The molecule has 0 saturated heterocycles. The van der Waals surface area contributed by atoms with Crippen molar-refractivity contribution in [2.24, 2.45) is 10.1 Å². The van der Waals surface area contributed by atoms with Gasteiger partial charge in [-0.25, -0.2) is 29.6 Å². The van der Waals surface area contributed by atoms with E-state index in [1.807, 2.05) is 0 Å². The zero-order chi connectivity index (χ0) is 32.6. The Kier molecular flexibility index (Phi) is 10.5. The minimum absolute atomic E-state index is 0.0243. The Morgan fingerprint density at radius 2 is 1.40 bits per heavy atom. The summed E-state index contributed by atoms with van der Waals surface area (Å²) in [6, 6.07) is 16.8. The van der Waals surface area contributed by atoms with E-state index in [1.54, 1.807) is 74.5 Å². The molecule has 0 fully saturated rings. The Labute approximate surface area is 262 Å². The second kappa shape index (κ2) is 14.4. The number of carbonyl (C=O) groups excluding carboxylic acids is 5. The summed E-state index contributed by atoms with van der Waals surface area (Å²) in [7, 11) is 0. The predicted octanol–water partition coefficient (Wildman–Crippen LogP) is 4.10. The lowest BCUT2D eigenvalue weighted by Gasteiger charge is -2.35. The minimum atomic E-state index is -2.37. The van der Waals surface area contributed by atoms with Gasteiger partial charge in [-0.2, -0.15) is 20.1 Å². The van der Waals surface area contributed by atoms with E-state index in [0.29, 0.717) is 37.6 Å². The molecule has 16 nitrogen and oxygen atoms in total.